The van der Waals surface area contributed by atoms with E-state index in [4.69, 9.17) is 5.73 Å². The third-order valence-corrected chi connectivity index (χ3v) is 4.08. The van der Waals surface area contributed by atoms with Crippen molar-refractivity contribution in [3.63, 3.8) is 0 Å². The summed E-state index contributed by atoms with van der Waals surface area (Å²) in [5.74, 6) is 0. The summed E-state index contributed by atoms with van der Waals surface area (Å²) in [7, 11) is 1.62. The normalized spacial score (nSPS) is 10.9. The first kappa shape index (κ1) is 13.4. The number of aromatic amines is 1. The van der Waals surface area contributed by atoms with Gasteiger partial charge < -0.3 is 5.73 Å². The summed E-state index contributed by atoms with van der Waals surface area (Å²) in [5.41, 5.74) is 5.00. The molecule has 0 spiro atoms. The van der Waals surface area contributed by atoms with Crippen LogP contribution in [0, 0.1) is 0 Å². The Morgan fingerprint density at radius 3 is 2.86 bits per heavy atom. The largest absolute Gasteiger partial charge is 0.398 e. The molecule has 7 nitrogen and oxygen atoms in total. The van der Waals surface area contributed by atoms with E-state index in [0.29, 0.717) is 10.8 Å². The molecule has 0 atom stereocenters. The van der Waals surface area contributed by atoms with Crippen molar-refractivity contribution >= 4 is 28.2 Å². The maximum absolute atomic E-state index is 11.4. The first-order valence-corrected chi connectivity index (χ1v) is 6.85. The maximum Gasteiger partial charge on any atom is 0.339 e. The van der Waals surface area contributed by atoms with E-state index >= 15 is 0 Å². The van der Waals surface area contributed by atoms with Gasteiger partial charge >= 0.3 is 11.1 Å². The minimum Gasteiger partial charge on any atom is -0.398 e. The molecule has 3 rings (SSSR count). The van der Waals surface area contributed by atoms with Crippen molar-refractivity contribution in [1.82, 2.24) is 19.7 Å². The van der Waals surface area contributed by atoms with Crippen LogP contribution in [-0.4, -0.2) is 19.7 Å². The van der Waals surface area contributed by atoms with Crippen LogP contribution in [0.15, 0.2) is 50.2 Å². The molecule has 106 valence electrons. The van der Waals surface area contributed by atoms with Gasteiger partial charge in [-0.05, 0) is 30.0 Å². The summed E-state index contributed by atoms with van der Waals surface area (Å²) >= 11 is 1.27. The minimum atomic E-state index is -0.808. The van der Waals surface area contributed by atoms with Gasteiger partial charge in [-0.2, -0.15) is 4.98 Å². The van der Waals surface area contributed by atoms with Gasteiger partial charge in [-0.1, -0.05) is 0 Å². The summed E-state index contributed by atoms with van der Waals surface area (Å²) < 4.78 is 1.41. The fraction of sp³-hybridized carbons (Fsp3) is 0.0769. The molecule has 2 aromatic heterocycles. The Bertz CT molecular complexity index is 947. The fourth-order valence-corrected chi connectivity index (χ4v) is 2.86. The van der Waals surface area contributed by atoms with Crippen LogP contribution in [0.1, 0.15) is 0 Å². The quantitative estimate of drug-likeness (QED) is 0.534. The molecule has 0 aliphatic carbocycles. The van der Waals surface area contributed by atoms with Gasteiger partial charge in [-0.15, -0.1) is 0 Å². The predicted octanol–water partition coefficient (Wildman–Crippen LogP) is 0.750. The fourth-order valence-electron chi connectivity index (χ4n) is 1.92. The SMILES string of the molecule is Cn1[nH]c(=O)c(=O)nc1Sc1ccc(N)c2cnccc12. The highest BCUT2D eigenvalue weighted by Gasteiger charge is 2.10. The van der Waals surface area contributed by atoms with Crippen LogP contribution >= 0.6 is 11.8 Å². The molecule has 0 unspecified atom stereocenters. The van der Waals surface area contributed by atoms with Gasteiger partial charge in [0.1, 0.15) is 0 Å². The van der Waals surface area contributed by atoms with Gasteiger partial charge in [0.05, 0.1) is 0 Å². The zero-order chi connectivity index (χ0) is 15.0. The second-order valence-electron chi connectivity index (χ2n) is 4.38. The van der Waals surface area contributed by atoms with E-state index in [1.807, 2.05) is 12.1 Å². The van der Waals surface area contributed by atoms with Crippen molar-refractivity contribution < 1.29 is 0 Å². The average molecular weight is 301 g/mol. The lowest BCUT2D eigenvalue weighted by Gasteiger charge is -2.09. The van der Waals surface area contributed by atoms with Crippen LogP contribution < -0.4 is 16.9 Å². The van der Waals surface area contributed by atoms with Crippen LogP contribution in [0.3, 0.4) is 0 Å². The molecule has 0 amide bonds. The van der Waals surface area contributed by atoms with Gasteiger partial charge in [-0.25, -0.2) is 0 Å². The van der Waals surface area contributed by atoms with E-state index in [1.165, 1.54) is 16.4 Å². The van der Waals surface area contributed by atoms with E-state index in [2.05, 4.69) is 15.1 Å². The molecule has 8 heteroatoms. The Morgan fingerprint density at radius 2 is 2.05 bits per heavy atom. The number of fused-ring (bicyclic) bond motifs is 1. The Labute approximate surface area is 122 Å². The molecule has 0 fully saturated rings. The van der Waals surface area contributed by atoms with E-state index < -0.39 is 11.1 Å². The Hall–Kier alpha value is -2.61. The number of nitrogens with two attached hydrogens (primary N) is 1. The van der Waals surface area contributed by atoms with Crippen LogP contribution in [0.2, 0.25) is 0 Å². The maximum atomic E-state index is 11.4. The van der Waals surface area contributed by atoms with E-state index in [-0.39, 0.29) is 0 Å². The van der Waals surface area contributed by atoms with Crippen LogP contribution in [-0.2, 0) is 7.05 Å². The zero-order valence-corrected chi connectivity index (χ0v) is 11.8. The summed E-state index contributed by atoms with van der Waals surface area (Å²) in [6.45, 7) is 0. The average Bonchev–Trinajstić information content (AvgIpc) is 2.48. The van der Waals surface area contributed by atoms with Crippen molar-refractivity contribution in [3.05, 3.63) is 51.3 Å². The van der Waals surface area contributed by atoms with Crippen molar-refractivity contribution in [2.75, 3.05) is 5.73 Å². The topological polar surface area (TPSA) is 107 Å². The highest BCUT2D eigenvalue weighted by molar-refractivity contribution is 7.99. The lowest BCUT2D eigenvalue weighted by Crippen LogP contribution is -2.33. The second-order valence-corrected chi connectivity index (χ2v) is 5.38. The molecule has 1 aromatic carbocycles. The lowest BCUT2D eigenvalue weighted by molar-refractivity contribution is 0.596. The van der Waals surface area contributed by atoms with Crippen molar-refractivity contribution in [2.45, 2.75) is 10.1 Å². The number of rotatable bonds is 2. The highest BCUT2D eigenvalue weighted by atomic mass is 32.2. The third-order valence-electron chi connectivity index (χ3n) is 2.96. The Balaban J connectivity index is 2.15. The standard InChI is InChI=1S/C13H11N5O2S/c1-18-13(16-11(19)12(20)17-18)21-10-3-2-9(14)8-6-15-5-4-7(8)10/h2-6H,14H2,1H3,(H,17,20). The van der Waals surface area contributed by atoms with Crippen molar-refractivity contribution in [2.24, 2.45) is 7.05 Å². The van der Waals surface area contributed by atoms with Crippen LogP contribution in [0.5, 0.6) is 0 Å². The number of benzene rings is 1. The van der Waals surface area contributed by atoms with E-state index in [0.717, 1.165) is 15.7 Å². The first-order valence-electron chi connectivity index (χ1n) is 6.03. The number of nitrogens with zero attached hydrogens (tertiary/aromatic N) is 3. The molecular weight excluding hydrogens is 290 g/mol. The number of H-pyrrole nitrogens is 1. The Morgan fingerprint density at radius 1 is 1.24 bits per heavy atom. The Kier molecular flexibility index (Phi) is 3.22. The number of hydrogen-bond acceptors (Lipinski definition) is 6. The molecule has 0 radical (unpaired) electrons. The zero-order valence-electron chi connectivity index (χ0n) is 11.0. The molecule has 2 heterocycles. The molecule has 0 saturated carbocycles. The monoisotopic (exact) mass is 301 g/mol. The molecule has 0 aliphatic heterocycles. The number of anilines is 1. The smallest absolute Gasteiger partial charge is 0.339 e. The molecular formula is C13H11N5O2S. The van der Waals surface area contributed by atoms with Gasteiger partial charge in [0.15, 0.2) is 5.16 Å². The molecule has 0 saturated heterocycles. The van der Waals surface area contributed by atoms with E-state index in [1.54, 1.807) is 25.5 Å². The van der Waals surface area contributed by atoms with Gasteiger partial charge in [0, 0.05) is 40.8 Å². The molecule has 21 heavy (non-hydrogen) atoms. The third kappa shape index (κ3) is 2.40. The second kappa shape index (κ2) is 5.06. The molecule has 0 aliphatic rings. The minimum absolute atomic E-state index is 0.391. The molecule has 3 N–H and O–H groups in total. The summed E-state index contributed by atoms with van der Waals surface area (Å²) in [5, 5.41) is 4.55. The van der Waals surface area contributed by atoms with Crippen molar-refractivity contribution in [3.8, 4) is 0 Å². The summed E-state index contributed by atoms with van der Waals surface area (Å²) in [6, 6.07) is 5.47. The number of aryl methyl sites for hydroxylation is 1. The number of nitrogens with one attached hydrogen (secondary N) is 1. The summed E-state index contributed by atoms with van der Waals surface area (Å²) in [6.07, 6.45) is 3.36. The lowest BCUT2D eigenvalue weighted by atomic mass is 10.1. The van der Waals surface area contributed by atoms with Gasteiger partial charge in [-0.3, -0.25) is 24.4 Å². The predicted molar refractivity (Wildman–Crippen MR) is 80.4 cm³/mol. The number of aromatic nitrogens is 4. The molecule has 0 bridgehead atoms. The van der Waals surface area contributed by atoms with E-state index in [9.17, 15) is 9.59 Å². The number of pyridine rings is 1. The highest BCUT2D eigenvalue weighted by Crippen LogP contribution is 2.33. The molecule has 3 aromatic rings. The summed E-state index contributed by atoms with van der Waals surface area (Å²) in [4.78, 5) is 31.3. The number of nitrogen functional groups attached to an aromatic ring is 1. The van der Waals surface area contributed by atoms with Crippen LogP contribution in [0.25, 0.3) is 10.8 Å². The first-order chi connectivity index (χ1) is 10.1. The van der Waals surface area contributed by atoms with Gasteiger partial charge in [0.25, 0.3) is 0 Å². The number of hydrogen-bond donors (Lipinski definition) is 2. The van der Waals surface area contributed by atoms with Crippen molar-refractivity contribution in [1.29, 1.82) is 0 Å². The van der Waals surface area contributed by atoms with Crippen LogP contribution in [0.4, 0.5) is 5.69 Å². The van der Waals surface area contributed by atoms with Gasteiger partial charge in [0.2, 0.25) is 0 Å².